The molecule has 0 saturated carbocycles. The van der Waals surface area contributed by atoms with Gasteiger partial charge in [0.05, 0.1) is 6.54 Å². The highest BCUT2D eigenvalue weighted by Crippen LogP contribution is 2.17. The normalized spacial score (nSPS) is 11.5. The molecule has 0 atom stereocenters. The summed E-state index contributed by atoms with van der Waals surface area (Å²) in [6.07, 6.45) is 0. The Morgan fingerprint density at radius 3 is 2.83 bits per heavy atom. The van der Waals surface area contributed by atoms with Gasteiger partial charge in [-0.2, -0.15) is 0 Å². The maximum Gasteiger partial charge on any atom is 0.191 e. The average Bonchev–Trinajstić information content (AvgIpc) is 2.32. The Balaban J connectivity index is 2.26. The van der Waals surface area contributed by atoms with Gasteiger partial charge in [-0.3, -0.25) is 4.99 Å². The van der Waals surface area contributed by atoms with E-state index in [-0.39, 0.29) is 0 Å². The van der Waals surface area contributed by atoms with Crippen molar-refractivity contribution >= 4 is 21.9 Å². The molecule has 100 valence electrons. The minimum Gasteiger partial charge on any atom is -0.492 e. The second-order valence-electron chi connectivity index (χ2n) is 4.10. The Bertz CT molecular complexity index is 394. The van der Waals surface area contributed by atoms with Crippen LogP contribution in [0, 0.1) is 0 Å². The third kappa shape index (κ3) is 5.91. The van der Waals surface area contributed by atoms with Crippen LogP contribution < -0.4 is 15.4 Å². The summed E-state index contributed by atoms with van der Waals surface area (Å²) in [6.45, 7) is 5.45. The first-order valence-electron chi connectivity index (χ1n) is 5.97. The van der Waals surface area contributed by atoms with Gasteiger partial charge in [0, 0.05) is 17.6 Å². The van der Waals surface area contributed by atoms with Crippen LogP contribution in [0.5, 0.6) is 5.75 Å². The fourth-order valence-corrected chi connectivity index (χ4v) is 1.74. The molecule has 0 aliphatic carbocycles. The van der Waals surface area contributed by atoms with Gasteiger partial charge in [-0.05, 0) is 32.0 Å². The van der Waals surface area contributed by atoms with Gasteiger partial charge in [0.15, 0.2) is 5.96 Å². The summed E-state index contributed by atoms with van der Waals surface area (Å²) >= 11 is 3.41. The molecule has 0 aliphatic heterocycles. The van der Waals surface area contributed by atoms with Crippen molar-refractivity contribution in [2.75, 3.05) is 20.2 Å². The van der Waals surface area contributed by atoms with Crippen molar-refractivity contribution in [2.45, 2.75) is 19.9 Å². The van der Waals surface area contributed by atoms with E-state index in [4.69, 9.17) is 4.74 Å². The molecule has 5 heteroatoms. The van der Waals surface area contributed by atoms with Crippen LogP contribution in [0.4, 0.5) is 0 Å². The maximum atomic E-state index is 5.61. The van der Waals surface area contributed by atoms with Gasteiger partial charge in [-0.1, -0.05) is 22.0 Å². The van der Waals surface area contributed by atoms with E-state index in [2.05, 4.69) is 45.4 Å². The number of nitrogens with zero attached hydrogens (tertiary/aromatic N) is 1. The summed E-state index contributed by atoms with van der Waals surface area (Å²) in [5.41, 5.74) is 0. The van der Waals surface area contributed by atoms with Crippen LogP contribution in [0.15, 0.2) is 33.7 Å². The van der Waals surface area contributed by atoms with E-state index in [1.54, 1.807) is 7.05 Å². The summed E-state index contributed by atoms with van der Waals surface area (Å²) in [6, 6.07) is 8.17. The standard InChI is InChI=1S/C13H20BrN3O/c1-10(2)17-13(15-3)16-7-8-18-12-6-4-5-11(14)9-12/h4-6,9-10H,7-8H2,1-3H3,(H2,15,16,17). The number of benzene rings is 1. The summed E-state index contributed by atoms with van der Waals surface area (Å²) < 4.78 is 6.63. The molecule has 0 heterocycles. The van der Waals surface area contributed by atoms with Crippen molar-refractivity contribution in [1.29, 1.82) is 0 Å². The van der Waals surface area contributed by atoms with Crippen molar-refractivity contribution in [3.63, 3.8) is 0 Å². The van der Waals surface area contributed by atoms with Gasteiger partial charge < -0.3 is 15.4 Å². The Morgan fingerprint density at radius 2 is 2.22 bits per heavy atom. The van der Waals surface area contributed by atoms with E-state index in [0.717, 1.165) is 16.2 Å². The zero-order valence-corrected chi connectivity index (χ0v) is 12.6. The van der Waals surface area contributed by atoms with Crippen LogP contribution in [0.25, 0.3) is 0 Å². The molecule has 2 N–H and O–H groups in total. The van der Waals surface area contributed by atoms with E-state index in [1.165, 1.54) is 0 Å². The Morgan fingerprint density at radius 1 is 1.44 bits per heavy atom. The molecule has 1 aromatic carbocycles. The number of rotatable bonds is 5. The Hall–Kier alpha value is -1.23. The Kier molecular flexibility index (Phi) is 6.57. The summed E-state index contributed by atoms with van der Waals surface area (Å²) in [5.74, 6) is 1.65. The fraction of sp³-hybridized carbons (Fsp3) is 0.462. The molecule has 4 nitrogen and oxygen atoms in total. The molecule has 0 radical (unpaired) electrons. The molecule has 0 fully saturated rings. The van der Waals surface area contributed by atoms with Crippen molar-refractivity contribution < 1.29 is 4.74 Å². The van der Waals surface area contributed by atoms with Crippen LogP contribution in [-0.2, 0) is 0 Å². The quantitative estimate of drug-likeness (QED) is 0.498. The number of aliphatic imine (C=N–C) groups is 1. The largest absolute Gasteiger partial charge is 0.492 e. The minimum absolute atomic E-state index is 0.363. The number of hydrogen-bond donors (Lipinski definition) is 2. The molecule has 0 saturated heterocycles. The Labute approximate surface area is 117 Å². The van der Waals surface area contributed by atoms with E-state index >= 15 is 0 Å². The number of halogens is 1. The maximum absolute atomic E-state index is 5.61. The first-order valence-corrected chi connectivity index (χ1v) is 6.76. The highest BCUT2D eigenvalue weighted by molar-refractivity contribution is 9.10. The molecule has 0 amide bonds. The molecule has 0 spiro atoms. The van der Waals surface area contributed by atoms with Gasteiger partial charge in [-0.25, -0.2) is 0 Å². The van der Waals surface area contributed by atoms with Crippen molar-refractivity contribution in [1.82, 2.24) is 10.6 Å². The van der Waals surface area contributed by atoms with Crippen molar-refractivity contribution in [3.8, 4) is 5.75 Å². The highest BCUT2D eigenvalue weighted by Gasteiger charge is 1.99. The average molecular weight is 314 g/mol. The van der Waals surface area contributed by atoms with Crippen LogP contribution in [-0.4, -0.2) is 32.2 Å². The smallest absolute Gasteiger partial charge is 0.191 e. The minimum atomic E-state index is 0.363. The van der Waals surface area contributed by atoms with Crippen molar-refractivity contribution in [2.24, 2.45) is 4.99 Å². The molecule has 0 bridgehead atoms. The van der Waals surface area contributed by atoms with Gasteiger partial charge in [0.1, 0.15) is 12.4 Å². The summed E-state index contributed by atoms with van der Waals surface area (Å²) in [7, 11) is 1.76. The monoisotopic (exact) mass is 313 g/mol. The third-order valence-corrected chi connectivity index (χ3v) is 2.60. The van der Waals surface area contributed by atoms with Gasteiger partial charge in [-0.15, -0.1) is 0 Å². The number of nitrogens with one attached hydrogen (secondary N) is 2. The van der Waals surface area contributed by atoms with Crippen molar-refractivity contribution in [3.05, 3.63) is 28.7 Å². The molecule has 0 aliphatic rings. The molecular weight excluding hydrogens is 294 g/mol. The molecular formula is C13H20BrN3O. The van der Waals surface area contributed by atoms with E-state index in [1.807, 2.05) is 24.3 Å². The topological polar surface area (TPSA) is 45.7 Å². The number of guanidine groups is 1. The summed E-state index contributed by atoms with van der Waals surface area (Å²) in [4.78, 5) is 4.12. The zero-order chi connectivity index (χ0) is 13.4. The summed E-state index contributed by atoms with van der Waals surface area (Å²) in [5, 5.41) is 6.40. The van der Waals surface area contributed by atoms with Crippen LogP contribution in [0.3, 0.4) is 0 Å². The lowest BCUT2D eigenvalue weighted by Crippen LogP contribution is -2.42. The van der Waals surface area contributed by atoms with Crippen LogP contribution >= 0.6 is 15.9 Å². The highest BCUT2D eigenvalue weighted by atomic mass is 79.9. The first-order chi connectivity index (χ1) is 8.61. The lowest BCUT2D eigenvalue weighted by Gasteiger charge is -2.14. The predicted molar refractivity (Wildman–Crippen MR) is 79.3 cm³/mol. The SMILES string of the molecule is CN=C(NCCOc1cccc(Br)c1)NC(C)C. The first kappa shape index (κ1) is 14.8. The molecule has 0 unspecified atom stereocenters. The van der Waals surface area contributed by atoms with Crippen LogP contribution in [0.1, 0.15) is 13.8 Å². The number of hydrogen-bond acceptors (Lipinski definition) is 2. The number of ether oxygens (including phenoxy) is 1. The zero-order valence-electron chi connectivity index (χ0n) is 11.0. The predicted octanol–water partition coefficient (Wildman–Crippen LogP) is 2.40. The molecule has 18 heavy (non-hydrogen) atoms. The van der Waals surface area contributed by atoms with E-state index in [9.17, 15) is 0 Å². The van der Waals surface area contributed by atoms with Gasteiger partial charge in [0.25, 0.3) is 0 Å². The second-order valence-corrected chi connectivity index (χ2v) is 5.02. The lowest BCUT2D eigenvalue weighted by molar-refractivity contribution is 0.321. The van der Waals surface area contributed by atoms with Crippen LogP contribution in [0.2, 0.25) is 0 Å². The fourth-order valence-electron chi connectivity index (χ4n) is 1.36. The lowest BCUT2D eigenvalue weighted by atomic mass is 10.3. The third-order valence-electron chi connectivity index (χ3n) is 2.11. The van der Waals surface area contributed by atoms with E-state index in [0.29, 0.717) is 19.2 Å². The molecule has 0 aromatic heterocycles. The molecule has 1 aromatic rings. The van der Waals surface area contributed by atoms with E-state index < -0.39 is 0 Å². The second kappa shape index (κ2) is 7.97. The van der Waals surface area contributed by atoms with Gasteiger partial charge in [0.2, 0.25) is 0 Å². The van der Waals surface area contributed by atoms with Gasteiger partial charge >= 0.3 is 0 Å². The molecule has 1 rings (SSSR count).